The summed E-state index contributed by atoms with van der Waals surface area (Å²) in [6.45, 7) is 0.262. The summed E-state index contributed by atoms with van der Waals surface area (Å²) >= 11 is 0. The van der Waals surface area contributed by atoms with Crippen molar-refractivity contribution in [3.05, 3.63) is 96.1 Å². The molecule has 0 saturated carbocycles. The molecule has 6 heteroatoms. The Labute approximate surface area is 197 Å². The lowest BCUT2D eigenvalue weighted by atomic mass is 10.1. The van der Waals surface area contributed by atoms with Gasteiger partial charge in [0, 0.05) is 53.2 Å². The van der Waals surface area contributed by atoms with Crippen LogP contribution in [-0.2, 0) is 20.0 Å². The van der Waals surface area contributed by atoms with Crippen LogP contribution < -0.4 is 4.74 Å². The zero-order valence-electron chi connectivity index (χ0n) is 18.0. The number of rotatable bonds is 6. The smallest absolute Gasteiger partial charge is 0.182 e. The number of imidazole rings is 1. The molecule has 0 aliphatic carbocycles. The fraction of sp³-hybridized carbons (Fsp3) is 0.154. The fourth-order valence-corrected chi connectivity index (χ4v) is 4.18. The Hall–Kier alpha value is -3.38. The molecule has 32 heavy (non-hydrogen) atoms. The maximum absolute atomic E-state index is 12.7. The van der Waals surface area contributed by atoms with E-state index in [1.165, 1.54) is 27.4 Å². The van der Waals surface area contributed by atoms with E-state index in [9.17, 15) is 4.79 Å². The van der Waals surface area contributed by atoms with E-state index in [4.69, 9.17) is 4.74 Å². The van der Waals surface area contributed by atoms with Crippen LogP contribution in [-0.4, -0.2) is 27.0 Å². The van der Waals surface area contributed by atoms with Crippen molar-refractivity contribution in [2.45, 2.75) is 13.0 Å². The zero-order valence-corrected chi connectivity index (χ0v) is 19.7. The molecule has 0 aliphatic rings. The molecule has 0 unspecified atom stereocenters. The average Bonchev–Trinajstić information content (AvgIpc) is 3.36. The molecule has 3 aromatic carbocycles. The SMILES string of the molecule is Br.COc1ccc(C(=O)Cn2ccnc2Cc2ccc3c(c2)c2ccccc2n3C)cc1. The van der Waals surface area contributed by atoms with Gasteiger partial charge in [-0.2, -0.15) is 0 Å². The van der Waals surface area contributed by atoms with Crippen LogP contribution in [0.4, 0.5) is 0 Å². The van der Waals surface area contributed by atoms with E-state index in [1.54, 1.807) is 37.6 Å². The van der Waals surface area contributed by atoms with Crippen LogP contribution in [0.25, 0.3) is 21.8 Å². The van der Waals surface area contributed by atoms with Crippen LogP contribution in [0, 0.1) is 0 Å². The van der Waals surface area contributed by atoms with Gasteiger partial charge in [-0.15, -0.1) is 17.0 Å². The monoisotopic (exact) mass is 489 g/mol. The minimum Gasteiger partial charge on any atom is -0.497 e. The molecule has 0 N–H and O–H groups in total. The predicted molar refractivity (Wildman–Crippen MR) is 133 cm³/mol. The van der Waals surface area contributed by atoms with E-state index in [-0.39, 0.29) is 29.3 Å². The molecule has 0 bridgehead atoms. The number of halogens is 1. The number of carbonyl (C=O) groups excluding carboxylic acids is 1. The Morgan fingerprint density at radius 2 is 1.72 bits per heavy atom. The summed E-state index contributed by atoms with van der Waals surface area (Å²) in [7, 11) is 3.71. The third-order valence-corrected chi connectivity index (χ3v) is 5.87. The number of benzene rings is 3. The van der Waals surface area contributed by atoms with Gasteiger partial charge in [0.05, 0.1) is 13.7 Å². The Morgan fingerprint density at radius 1 is 0.969 bits per heavy atom. The van der Waals surface area contributed by atoms with Crippen LogP contribution in [0.1, 0.15) is 21.7 Å². The Morgan fingerprint density at radius 3 is 2.50 bits per heavy atom. The molecule has 162 valence electrons. The van der Waals surface area contributed by atoms with Crippen LogP contribution in [0.5, 0.6) is 5.75 Å². The number of aryl methyl sites for hydroxylation is 1. The van der Waals surface area contributed by atoms with Gasteiger partial charge in [0.15, 0.2) is 5.78 Å². The largest absolute Gasteiger partial charge is 0.497 e. The lowest BCUT2D eigenvalue weighted by Gasteiger charge is -2.09. The number of ketones is 1. The van der Waals surface area contributed by atoms with E-state index in [2.05, 4.69) is 59.1 Å². The summed E-state index contributed by atoms with van der Waals surface area (Å²) in [6.07, 6.45) is 4.29. The highest BCUT2D eigenvalue weighted by Crippen LogP contribution is 2.29. The quantitative estimate of drug-likeness (QED) is 0.292. The summed E-state index contributed by atoms with van der Waals surface area (Å²) in [4.78, 5) is 17.3. The lowest BCUT2D eigenvalue weighted by Crippen LogP contribution is -2.13. The highest BCUT2D eigenvalue weighted by molar-refractivity contribution is 8.93. The van der Waals surface area contributed by atoms with E-state index in [1.807, 2.05) is 10.8 Å². The second-order valence-corrected chi connectivity index (χ2v) is 7.73. The number of nitrogens with zero attached hydrogens (tertiary/aromatic N) is 3. The summed E-state index contributed by atoms with van der Waals surface area (Å²) in [5.41, 5.74) is 4.27. The lowest BCUT2D eigenvalue weighted by molar-refractivity contribution is 0.0971. The number of ether oxygens (including phenoxy) is 1. The molecular formula is C26H24BrN3O2. The van der Waals surface area contributed by atoms with Gasteiger partial charge in [0.1, 0.15) is 11.6 Å². The molecule has 0 fully saturated rings. The van der Waals surface area contributed by atoms with Gasteiger partial charge in [-0.05, 0) is 48.0 Å². The van der Waals surface area contributed by atoms with Crippen molar-refractivity contribution < 1.29 is 9.53 Å². The molecule has 5 rings (SSSR count). The Kier molecular flexibility index (Phi) is 6.15. The highest BCUT2D eigenvalue weighted by Gasteiger charge is 2.13. The number of Topliss-reactive ketones (excluding diaryl/α,β-unsaturated/α-hetero) is 1. The maximum Gasteiger partial charge on any atom is 0.182 e. The van der Waals surface area contributed by atoms with Crippen molar-refractivity contribution in [2.75, 3.05) is 7.11 Å². The van der Waals surface area contributed by atoms with Gasteiger partial charge in [0.2, 0.25) is 0 Å². The highest BCUT2D eigenvalue weighted by atomic mass is 79.9. The van der Waals surface area contributed by atoms with E-state index in [0.29, 0.717) is 12.0 Å². The number of hydrogen-bond donors (Lipinski definition) is 0. The van der Waals surface area contributed by atoms with Crippen LogP contribution in [0.2, 0.25) is 0 Å². The molecule has 0 saturated heterocycles. The zero-order chi connectivity index (χ0) is 21.4. The summed E-state index contributed by atoms with van der Waals surface area (Å²) < 4.78 is 9.33. The maximum atomic E-state index is 12.7. The summed E-state index contributed by atoms with van der Waals surface area (Å²) in [5.74, 6) is 1.66. The summed E-state index contributed by atoms with van der Waals surface area (Å²) in [6, 6.07) is 22.2. The van der Waals surface area contributed by atoms with Gasteiger partial charge in [-0.3, -0.25) is 4.79 Å². The molecule has 0 spiro atoms. The Bertz CT molecular complexity index is 1400. The van der Waals surface area contributed by atoms with Gasteiger partial charge in [-0.1, -0.05) is 24.3 Å². The topological polar surface area (TPSA) is 49.1 Å². The van der Waals surface area contributed by atoms with Gasteiger partial charge in [0.25, 0.3) is 0 Å². The number of hydrogen-bond acceptors (Lipinski definition) is 3. The molecule has 2 heterocycles. The first-order valence-electron chi connectivity index (χ1n) is 10.3. The molecule has 0 atom stereocenters. The fourth-order valence-electron chi connectivity index (χ4n) is 4.18. The van der Waals surface area contributed by atoms with E-state index in [0.717, 1.165) is 11.6 Å². The third kappa shape index (κ3) is 3.94. The molecule has 5 nitrogen and oxygen atoms in total. The third-order valence-electron chi connectivity index (χ3n) is 5.87. The van der Waals surface area contributed by atoms with Gasteiger partial charge < -0.3 is 13.9 Å². The van der Waals surface area contributed by atoms with E-state index < -0.39 is 0 Å². The average molecular weight is 490 g/mol. The minimum atomic E-state index is 0. The second kappa shape index (κ2) is 9.01. The Balaban J connectivity index is 0.00000245. The molecule has 2 aromatic heterocycles. The first-order chi connectivity index (χ1) is 15.1. The molecule has 0 aliphatic heterocycles. The number of aromatic nitrogens is 3. The van der Waals surface area contributed by atoms with Crippen LogP contribution >= 0.6 is 17.0 Å². The molecular weight excluding hydrogens is 466 g/mol. The minimum absolute atomic E-state index is 0. The second-order valence-electron chi connectivity index (χ2n) is 7.73. The molecule has 0 radical (unpaired) electrons. The normalized spacial score (nSPS) is 10.9. The number of methoxy groups -OCH3 is 1. The van der Waals surface area contributed by atoms with Crippen molar-refractivity contribution in [3.63, 3.8) is 0 Å². The van der Waals surface area contributed by atoms with Gasteiger partial charge in [-0.25, -0.2) is 4.98 Å². The van der Waals surface area contributed by atoms with E-state index >= 15 is 0 Å². The number of fused-ring (bicyclic) bond motifs is 3. The van der Waals surface area contributed by atoms with Crippen LogP contribution in [0.3, 0.4) is 0 Å². The number of para-hydroxylation sites is 1. The first kappa shape index (κ1) is 21.8. The van der Waals surface area contributed by atoms with Crippen molar-refractivity contribution in [2.24, 2.45) is 7.05 Å². The first-order valence-corrected chi connectivity index (χ1v) is 10.3. The summed E-state index contributed by atoms with van der Waals surface area (Å²) in [5, 5.41) is 2.49. The van der Waals surface area contributed by atoms with Crippen molar-refractivity contribution >= 4 is 44.6 Å². The van der Waals surface area contributed by atoms with Crippen LogP contribution in [0.15, 0.2) is 79.1 Å². The van der Waals surface area contributed by atoms with Crippen molar-refractivity contribution in [1.82, 2.24) is 14.1 Å². The van der Waals surface area contributed by atoms with Crippen molar-refractivity contribution in [1.29, 1.82) is 0 Å². The van der Waals surface area contributed by atoms with Crippen molar-refractivity contribution in [3.8, 4) is 5.75 Å². The number of carbonyl (C=O) groups is 1. The standard InChI is InChI=1S/C26H23N3O2.BrH/c1-28-23-6-4-3-5-21(23)22-15-18(7-12-24(22)28)16-26-27-13-14-29(26)17-25(30)19-8-10-20(31-2)11-9-19;/h3-15H,16-17H2,1-2H3;1H. The molecule has 5 aromatic rings. The molecule has 0 amide bonds. The van der Waals surface area contributed by atoms with Gasteiger partial charge >= 0.3 is 0 Å². The predicted octanol–water partition coefficient (Wildman–Crippen LogP) is 5.59.